The van der Waals surface area contributed by atoms with Crippen molar-refractivity contribution in [3.8, 4) is 0 Å². The molecule has 0 saturated carbocycles. The summed E-state index contributed by atoms with van der Waals surface area (Å²) >= 11 is 0. The van der Waals surface area contributed by atoms with Gasteiger partial charge < -0.3 is 10.2 Å². The number of sulfone groups is 1. The minimum Gasteiger partial charge on any atom is -0.341 e. The van der Waals surface area contributed by atoms with Gasteiger partial charge in [-0.15, -0.1) is 0 Å². The summed E-state index contributed by atoms with van der Waals surface area (Å²) in [5.74, 6) is 0.584. The Morgan fingerprint density at radius 2 is 2.16 bits per heavy atom. The van der Waals surface area contributed by atoms with Crippen LogP contribution >= 0.6 is 0 Å². The number of carbonyl (C=O) groups excluding carboxylic acids is 1. The lowest BCUT2D eigenvalue weighted by molar-refractivity contribution is -0.132. The highest BCUT2D eigenvalue weighted by Crippen LogP contribution is 2.22. The van der Waals surface area contributed by atoms with Gasteiger partial charge in [0.05, 0.1) is 11.5 Å². The summed E-state index contributed by atoms with van der Waals surface area (Å²) in [6, 6.07) is 0.413. The first-order valence-electron chi connectivity index (χ1n) is 7.22. The highest BCUT2D eigenvalue weighted by molar-refractivity contribution is 7.91. The Morgan fingerprint density at radius 1 is 1.37 bits per heavy atom. The van der Waals surface area contributed by atoms with Gasteiger partial charge in [-0.05, 0) is 38.6 Å². The molecule has 0 aromatic rings. The van der Waals surface area contributed by atoms with Crippen LogP contribution < -0.4 is 5.32 Å². The molecule has 0 bridgehead atoms. The highest BCUT2D eigenvalue weighted by atomic mass is 32.2. The summed E-state index contributed by atoms with van der Waals surface area (Å²) in [5, 5.41) is 3.39. The maximum atomic E-state index is 12.2. The molecule has 2 aliphatic rings. The average molecular weight is 288 g/mol. The van der Waals surface area contributed by atoms with Crippen molar-refractivity contribution in [3.63, 3.8) is 0 Å². The second-order valence-corrected chi connectivity index (χ2v) is 7.93. The fourth-order valence-corrected chi connectivity index (χ4v) is 4.86. The zero-order valence-electron chi connectivity index (χ0n) is 11.6. The Balaban J connectivity index is 1.83. The molecule has 2 atom stereocenters. The van der Waals surface area contributed by atoms with Crippen molar-refractivity contribution in [2.75, 3.05) is 31.1 Å². The minimum atomic E-state index is -2.88. The van der Waals surface area contributed by atoms with Crippen LogP contribution in [0.25, 0.3) is 0 Å². The monoisotopic (exact) mass is 288 g/mol. The van der Waals surface area contributed by atoms with Gasteiger partial charge in [0.2, 0.25) is 5.91 Å². The quantitative estimate of drug-likeness (QED) is 0.796. The van der Waals surface area contributed by atoms with E-state index in [9.17, 15) is 13.2 Å². The van der Waals surface area contributed by atoms with Crippen LogP contribution in [0.4, 0.5) is 0 Å². The summed E-state index contributed by atoms with van der Waals surface area (Å²) < 4.78 is 22.8. The van der Waals surface area contributed by atoms with Gasteiger partial charge in [0.25, 0.3) is 0 Å². The highest BCUT2D eigenvalue weighted by Gasteiger charge is 2.31. The van der Waals surface area contributed by atoms with Crippen LogP contribution in [0.5, 0.6) is 0 Å². The maximum absolute atomic E-state index is 12.2. The van der Waals surface area contributed by atoms with Gasteiger partial charge in [-0.1, -0.05) is 0 Å². The van der Waals surface area contributed by atoms with Crippen LogP contribution in [0.2, 0.25) is 0 Å². The number of nitrogens with one attached hydrogen (secondary N) is 1. The molecular formula is C13H24N2O3S. The fraction of sp³-hybridized carbons (Fsp3) is 0.923. The van der Waals surface area contributed by atoms with Crippen LogP contribution in [-0.4, -0.2) is 56.4 Å². The van der Waals surface area contributed by atoms with Crippen molar-refractivity contribution in [1.82, 2.24) is 10.2 Å². The van der Waals surface area contributed by atoms with Crippen molar-refractivity contribution < 1.29 is 13.2 Å². The van der Waals surface area contributed by atoms with E-state index in [0.29, 0.717) is 25.4 Å². The molecule has 0 aromatic heterocycles. The Bertz CT molecular complexity index is 416. The molecule has 0 spiro atoms. The van der Waals surface area contributed by atoms with Crippen LogP contribution in [0.1, 0.15) is 32.6 Å². The lowest BCUT2D eigenvalue weighted by atomic mass is 10.0. The van der Waals surface area contributed by atoms with E-state index in [1.54, 1.807) is 0 Å². The number of nitrogens with zero attached hydrogens (tertiary/aromatic N) is 1. The third-order valence-corrected chi connectivity index (χ3v) is 5.96. The van der Waals surface area contributed by atoms with E-state index in [4.69, 9.17) is 0 Å². The van der Waals surface area contributed by atoms with Crippen LogP contribution in [0.3, 0.4) is 0 Å². The molecule has 2 fully saturated rings. The summed E-state index contributed by atoms with van der Waals surface area (Å²) in [7, 11) is -2.88. The van der Waals surface area contributed by atoms with E-state index < -0.39 is 9.84 Å². The Hall–Kier alpha value is -0.620. The summed E-state index contributed by atoms with van der Waals surface area (Å²) in [6.07, 6.45) is 3.34. The first kappa shape index (κ1) is 14.8. The van der Waals surface area contributed by atoms with Crippen molar-refractivity contribution >= 4 is 15.7 Å². The molecular weight excluding hydrogens is 264 g/mol. The SMILES string of the molecule is CCN(CC1CCCN1)C(=O)CC1CCS(=O)(=O)C1. The fourth-order valence-electron chi connectivity index (χ4n) is 2.99. The van der Waals surface area contributed by atoms with Gasteiger partial charge in [-0.3, -0.25) is 4.79 Å². The molecule has 110 valence electrons. The van der Waals surface area contributed by atoms with Crippen molar-refractivity contribution in [2.24, 2.45) is 5.92 Å². The van der Waals surface area contributed by atoms with Gasteiger partial charge >= 0.3 is 0 Å². The summed E-state index contributed by atoms with van der Waals surface area (Å²) in [4.78, 5) is 14.1. The standard InChI is InChI=1S/C13H24N2O3S/c1-2-15(9-12-4-3-6-14-12)13(16)8-11-5-7-19(17,18)10-11/h11-12,14H,2-10H2,1H3. The van der Waals surface area contributed by atoms with Gasteiger partial charge in [0, 0.05) is 25.6 Å². The molecule has 1 N–H and O–H groups in total. The van der Waals surface area contributed by atoms with Gasteiger partial charge in [0.15, 0.2) is 9.84 Å². The average Bonchev–Trinajstić information content (AvgIpc) is 2.95. The second-order valence-electron chi connectivity index (χ2n) is 5.70. The number of hydrogen-bond acceptors (Lipinski definition) is 4. The first-order chi connectivity index (χ1) is 9.00. The molecule has 0 radical (unpaired) electrons. The maximum Gasteiger partial charge on any atom is 0.222 e. The van der Waals surface area contributed by atoms with Crippen molar-refractivity contribution in [3.05, 3.63) is 0 Å². The second kappa shape index (κ2) is 6.22. The first-order valence-corrected chi connectivity index (χ1v) is 9.04. The van der Waals surface area contributed by atoms with Crippen LogP contribution in [0.15, 0.2) is 0 Å². The van der Waals surface area contributed by atoms with Gasteiger partial charge in [-0.25, -0.2) is 8.42 Å². The molecule has 2 rings (SSSR count). The molecule has 5 nitrogen and oxygen atoms in total. The number of carbonyl (C=O) groups is 1. The molecule has 1 amide bonds. The number of amides is 1. The predicted molar refractivity (Wildman–Crippen MR) is 74.7 cm³/mol. The van der Waals surface area contributed by atoms with Gasteiger partial charge in [0.1, 0.15) is 0 Å². The summed E-state index contributed by atoms with van der Waals surface area (Å²) in [5.41, 5.74) is 0. The lowest BCUT2D eigenvalue weighted by Crippen LogP contribution is -2.41. The molecule has 2 unspecified atom stereocenters. The largest absolute Gasteiger partial charge is 0.341 e. The number of hydrogen-bond donors (Lipinski definition) is 1. The van der Waals surface area contributed by atoms with Crippen LogP contribution in [0, 0.1) is 5.92 Å². The van der Waals surface area contributed by atoms with Crippen LogP contribution in [-0.2, 0) is 14.6 Å². The third kappa shape index (κ3) is 4.18. The number of likely N-dealkylation sites (N-methyl/N-ethyl adjacent to an activating group) is 1. The van der Waals surface area contributed by atoms with Crippen molar-refractivity contribution in [1.29, 1.82) is 0 Å². The number of rotatable bonds is 5. The molecule has 0 aromatic carbocycles. The topological polar surface area (TPSA) is 66.5 Å². The van der Waals surface area contributed by atoms with E-state index in [2.05, 4.69) is 5.32 Å². The molecule has 2 heterocycles. The molecule has 6 heteroatoms. The lowest BCUT2D eigenvalue weighted by Gasteiger charge is -2.25. The molecule has 19 heavy (non-hydrogen) atoms. The zero-order valence-corrected chi connectivity index (χ0v) is 12.4. The zero-order chi connectivity index (χ0) is 13.9. The normalized spacial score (nSPS) is 29.5. The predicted octanol–water partition coefficient (Wildman–Crippen LogP) is 0.412. The summed E-state index contributed by atoms with van der Waals surface area (Å²) in [6.45, 7) is 4.49. The van der Waals surface area contributed by atoms with E-state index in [-0.39, 0.29) is 23.3 Å². The molecule has 0 aliphatic carbocycles. The minimum absolute atomic E-state index is 0.0306. The van der Waals surface area contributed by atoms with E-state index in [1.807, 2.05) is 11.8 Å². The molecule has 2 aliphatic heterocycles. The van der Waals surface area contributed by atoms with Crippen molar-refractivity contribution in [2.45, 2.75) is 38.6 Å². The third-order valence-electron chi connectivity index (χ3n) is 4.13. The van der Waals surface area contributed by atoms with E-state index in [0.717, 1.165) is 19.5 Å². The smallest absolute Gasteiger partial charge is 0.222 e. The molecule has 2 saturated heterocycles. The Labute approximate surface area is 115 Å². The van der Waals surface area contributed by atoms with E-state index in [1.165, 1.54) is 6.42 Å². The Kier molecular flexibility index (Phi) is 4.84. The van der Waals surface area contributed by atoms with E-state index >= 15 is 0 Å². The van der Waals surface area contributed by atoms with Gasteiger partial charge in [-0.2, -0.15) is 0 Å². The Morgan fingerprint density at radius 3 is 2.68 bits per heavy atom.